The van der Waals surface area contributed by atoms with Gasteiger partial charge in [-0.2, -0.15) is 0 Å². The van der Waals surface area contributed by atoms with Crippen molar-refractivity contribution in [2.75, 3.05) is 13.2 Å². The second-order valence-electron chi connectivity index (χ2n) is 22.7. The predicted octanol–water partition coefficient (Wildman–Crippen LogP) is 18.6. The molecular formula is C73H120O12. The van der Waals surface area contributed by atoms with Gasteiger partial charge in [0.15, 0.2) is 24.6 Å². The molecule has 12 heteroatoms. The molecule has 0 aromatic rings. The molecule has 3 N–H and O–H groups in total. The molecule has 0 saturated carbocycles. The number of carbonyl (C=O) groups excluding carboxylic acids is 3. The van der Waals surface area contributed by atoms with E-state index in [1.54, 1.807) is 0 Å². The van der Waals surface area contributed by atoms with Crippen LogP contribution in [0.3, 0.4) is 0 Å². The molecule has 6 unspecified atom stereocenters. The maximum atomic E-state index is 13.2. The molecule has 1 saturated heterocycles. The third-order valence-electron chi connectivity index (χ3n) is 14.9. The lowest BCUT2D eigenvalue weighted by atomic mass is 9.98. The molecule has 85 heavy (non-hydrogen) atoms. The number of carboxylic acid groups (broad SMARTS) is 1. The minimum Gasteiger partial charge on any atom is -0.479 e. The fourth-order valence-electron chi connectivity index (χ4n) is 9.76. The Bertz CT molecular complexity index is 1890. The molecule has 12 nitrogen and oxygen atoms in total. The summed E-state index contributed by atoms with van der Waals surface area (Å²) < 4.78 is 28.5. The molecule has 0 amide bonds. The van der Waals surface area contributed by atoms with Gasteiger partial charge in [-0.3, -0.25) is 14.4 Å². The summed E-state index contributed by atoms with van der Waals surface area (Å²) in [6.45, 7) is 5.74. The van der Waals surface area contributed by atoms with E-state index in [-0.39, 0.29) is 25.9 Å². The summed E-state index contributed by atoms with van der Waals surface area (Å²) in [7, 11) is 0. The summed E-state index contributed by atoms with van der Waals surface area (Å²) in [5, 5.41) is 31.6. The van der Waals surface area contributed by atoms with Crippen LogP contribution in [-0.2, 0) is 42.9 Å². The molecule has 1 heterocycles. The molecule has 1 aliphatic heterocycles. The summed E-state index contributed by atoms with van der Waals surface area (Å²) in [4.78, 5) is 51.4. The van der Waals surface area contributed by atoms with Gasteiger partial charge in [0.1, 0.15) is 18.8 Å². The third kappa shape index (κ3) is 49.1. The SMILES string of the molecule is CC/C=C\C/C=C\C/C=C\C/C=C\C/C=C\C/C=C\CCC(=O)OCC(COC1OC(C(=O)O)C(O)C(O)C1OC(=O)CCCCCCCCC/C=C\C/C=C\C/C=C\CC)OC(=O)CCCCCCCCCCCCCCCCCCCCC. The van der Waals surface area contributed by atoms with E-state index in [9.17, 15) is 34.5 Å². The standard InChI is InChI=1S/C73H120O12/c1-4-7-10-13-16-19-22-25-28-31-33-36-38-41-44-47-50-53-56-59-65(74)81-62-64(83-66(75)60-57-54-51-48-45-42-40-37-34-32-29-26-23-20-17-14-11-8-5-2)63-82-73-71(69(78)68(77)70(85-73)72(79)80)84-67(76)61-58-55-52-49-46-43-39-35-30-27-24-21-18-15-12-9-6-3/h7,9-10,12,16,18-19,21,25,27-28,30,33,36,41,44,50,53,64,68-71,73,77-78H,4-6,8,11,13-15,17,20,22-24,26,29,31-32,34-35,37-40,42-43,45-49,51-52,54-63H2,1-3H3,(H,79,80)/b10-7-,12-9-,19-16-,21-18-,28-25-,30-27-,36-33-,44-41-,53-50-. The number of esters is 3. The van der Waals surface area contributed by atoms with Gasteiger partial charge in [0, 0.05) is 19.3 Å². The van der Waals surface area contributed by atoms with Crippen LogP contribution in [0.5, 0.6) is 0 Å². The summed E-state index contributed by atoms with van der Waals surface area (Å²) in [6.07, 6.45) is 69.1. The van der Waals surface area contributed by atoms with Crippen molar-refractivity contribution in [1.82, 2.24) is 0 Å². The number of allylic oxidation sites excluding steroid dienone is 18. The molecule has 0 bridgehead atoms. The lowest BCUT2D eigenvalue weighted by Gasteiger charge is -2.40. The maximum Gasteiger partial charge on any atom is 0.335 e. The van der Waals surface area contributed by atoms with Crippen LogP contribution >= 0.6 is 0 Å². The zero-order chi connectivity index (χ0) is 61.7. The summed E-state index contributed by atoms with van der Waals surface area (Å²) in [5.74, 6) is -3.24. The van der Waals surface area contributed by atoms with Crippen molar-refractivity contribution in [3.8, 4) is 0 Å². The second kappa shape index (κ2) is 59.7. The molecule has 1 aliphatic rings. The van der Waals surface area contributed by atoms with Crippen LogP contribution in [0.2, 0.25) is 0 Å². The molecule has 0 spiro atoms. The highest BCUT2D eigenvalue weighted by Crippen LogP contribution is 2.27. The number of aliphatic hydroxyl groups excluding tert-OH is 2. The Hall–Kier alpha value is -4.62. The summed E-state index contributed by atoms with van der Waals surface area (Å²) >= 11 is 0. The van der Waals surface area contributed by atoms with Crippen molar-refractivity contribution in [2.24, 2.45) is 0 Å². The van der Waals surface area contributed by atoms with Crippen LogP contribution < -0.4 is 0 Å². The largest absolute Gasteiger partial charge is 0.479 e. The van der Waals surface area contributed by atoms with Gasteiger partial charge in [0.05, 0.1) is 6.61 Å². The Morgan fingerprint density at radius 3 is 1.18 bits per heavy atom. The molecule has 0 aromatic heterocycles. The van der Waals surface area contributed by atoms with Gasteiger partial charge < -0.3 is 39.0 Å². The number of carbonyl (C=O) groups is 4. The molecule has 1 fully saturated rings. The van der Waals surface area contributed by atoms with Gasteiger partial charge in [0.25, 0.3) is 0 Å². The number of aliphatic hydroxyl groups is 2. The number of rotatable bonds is 57. The highest BCUT2D eigenvalue weighted by molar-refractivity contribution is 5.74. The molecular weight excluding hydrogens is 1070 g/mol. The zero-order valence-corrected chi connectivity index (χ0v) is 53.6. The Balaban J connectivity index is 2.70. The van der Waals surface area contributed by atoms with Crippen LogP contribution in [0.1, 0.15) is 278 Å². The highest BCUT2D eigenvalue weighted by Gasteiger charge is 2.50. The Morgan fingerprint density at radius 1 is 0.400 bits per heavy atom. The molecule has 484 valence electrons. The molecule has 6 atom stereocenters. The van der Waals surface area contributed by atoms with Crippen molar-refractivity contribution in [3.63, 3.8) is 0 Å². The van der Waals surface area contributed by atoms with E-state index in [0.717, 1.165) is 122 Å². The van der Waals surface area contributed by atoms with Gasteiger partial charge in [-0.25, -0.2) is 4.79 Å². The molecule has 0 aliphatic carbocycles. The average Bonchev–Trinajstić information content (AvgIpc) is 3.46. The van der Waals surface area contributed by atoms with Crippen LogP contribution in [-0.4, -0.2) is 89.2 Å². The molecule has 0 aromatic carbocycles. The van der Waals surface area contributed by atoms with E-state index in [1.807, 2.05) is 12.2 Å². The first-order valence-electron chi connectivity index (χ1n) is 33.9. The minimum absolute atomic E-state index is 0.0385. The summed E-state index contributed by atoms with van der Waals surface area (Å²) in [5.41, 5.74) is 0. The minimum atomic E-state index is -1.92. The van der Waals surface area contributed by atoms with Crippen molar-refractivity contribution in [3.05, 3.63) is 109 Å². The van der Waals surface area contributed by atoms with Crippen LogP contribution in [0.15, 0.2) is 109 Å². The van der Waals surface area contributed by atoms with E-state index >= 15 is 0 Å². The topological polar surface area (TPSA) is 175 Å². The molecule has 0 radical (unpaired) electrons. The van der Waals surface area contributed by atoms with E-state index in [4.69, 9.17) is 23.7 Å². The van der Waals surface area contributed by atoms with Gasteiger partial charge in [-0.05, 0) is 89.9 Å². The Labute approximate surface area is 516 Å². The van der Waals surface area contributed by atoms with Crippen molar-refractivity contribution in [2.45, 2.75) is 314 Å². The number of ether oxygens (including phenoxy) is 5. The van der Waals surface area contributed by atoms with Gasteiger partial charge in [0.2, 0.25) is 0 Å². The number of hydrogen-bond donors (Lipinski definition) is 3. The van der Waals surface area contributed by atoms with Crippen LogP contribution in [0.4, 0.5) is 0 Å². The van der Waals surface area contributed by atoms with Gasteiger partial charge in [-0.15, -0.1) is 0 Å². The van der Waals surface area contributed by atoms with E-state index < -0.39 is 67.3 Å². The quantitative estimate of drug-likeness (QED) is 0.0228. The first-order valence-corrected chi connectivity index (χ1v) is 33.9. The van der Waals surface area contributed by atoms with Crippen molar-refractivity contribution >= 4 is 23.9 Å². The van der Waals surface area contributed by atoms with Crippen molar-refractivity contribution < 1.29 is 58.2 Å². The lowest BCUT2D eigenvalue weighted by Crippen LogP contribution is -2.61. The van der Waals surface area contributed by atoms with E-state index in [1.165, 1.54) is 96.3 Å². The van der Waals surface area contributed by atoms with Gasteiger partial charge >= 0.3 is 23.9 Å². The normalized spacial score (nSPS) is 18.2. The monoisotopic (exact) mass is 1190 g/mol. The maximum absolute atomic E-state index is 13.2. The summed E-state index contributed by atoms with van der Waals surface area (Å²) in [6, 6.07) is 0. The average molecular weight is 1190 g/mol. The molecule has 1 rings (SSSR count). The first-order chi connectivity index (χ1) is 41.6. The van der Waals surface area contributed by atoms with E-state index in [2.05, 4.69) is 118 Å². The fraction of sp³-hybridized carbons (Fsp3) is 0.699. The first kappa shape index (κ1) is 78.4. The third-order valence-corrected chi connectivity index (χ3v) is 14.9. The number of hydrogen-bond acceptors (Lipinski definition) is 11. The second-order valence-corrected chi connectivity index (χ2v) is 22.7. The number of aliphatic carboxylic acids is 1. The lowest BCUT2D eigenvalue weighted by molar-refractivity contribution is -0.301. The van der Waals surface area contributed by atoms with Gasteiger partial charge in [-0.1, -0.05) is 278 Å². The van der Waals surface area contributed by atoms with Crippen LogP contribution in [0, 0.1) is 0 Å². The smallest absolute Gasteiger partial charge is 0.335 e. The predicted molar refractivity (Wildman–Crippen MR) is 349 cm³/mol. The Morgan fingerprint density at radius 2 is 0.765 bits per heavy atom. The number of unbranched alkanes of at least 4 members (excludes halogenated alkanes) is 25. The number of carboxylic acids is 1. The van der Waals surface area contributed by atoms with E-state index in [0.29, 0.717) is 19.3 Å². The van der Waals surface area contributed by atoms with Crippen LogP contribution in [0.25, 0.3) is 0 Å². The highest BCUT2D eigenvalue weighted by atomic mass is 16.7. The van der Waals surface area contributed by atoms with Crippen molar-refractivity contribution in [1.29, 1.82) is 0 Å². The fourth-order valence-corrected chi connectivity index (χ4v) is 9.76. The zero-order valence-electron chi connectivity index (χ0n) is 53.6. The Kier molecular flexibility index (Phi) is 55.1.